The zero-order valence-electron chi connectivity index (χ0n) is 10.0. The van der Waals surface area contributed by atoms with Crippen LogP contribution in [0.15, 0.2) is 46.9 Å². The van der Waals surface area contributed by atoms with Crippen molar-refractivity contribution in [2.45, 2.75) is 6.10 Å². The van der Waals surface area contributed by atoms with E-state index in [2.05, 4.69) is 15.9 Å². The third-order valence-corrected chi connectivity index (χ3v) is 3.08. The Labute approximate surface area is 118 Å². The van der Waals surface area contributed by atoms with Gasteiger partial charge in [-0.3, -0.25) is 0 Å². The number of hydrogen-bond donors (Lipinski definition) is 2. The van der Waals surface area contributed by atoms with Crippen LogP contribution in [0.4, 0.5) is 10.1 Å². The number of rotatable bonds is 4. The van der Waals surface area contributed by atoms with Crippen molar-refractivity contribution in [1.29, 1.82) is 0 Å². The summed E-state index contributed by atoms with van der Waals surface area (Å²) in [6.45, 7) is -0.0448. The van der Waals surface area contributed by atoms with Crippen LogP contribution in [-0.2, 0) is 0 Å². The number of anilines is 1. The molecule has 1 atom stereocenters. The molecule has 0 bridgehead atoms. The Bertz CT molecular complexity index is 577. The molecule has 2 aromatic carbocycles. The molecule has 0 spiro atoms. The molecule has 0 aromatic heterocycles. The Balaban J connectivity index is 2.04. The molecule has 0 heterocycles. The van der Waals surface area contributed by atoms with Gasteiger partial charge >= 0.3 is 0 Å². The lowest BCUT2D eigenvalue weighted by Crippen LogP contribution is -2.10. The van der Waals surface area contributed by atoms with E-state index in [1.165, 1.54) is 12.1 Å². The Morgan fingerprint density at radius 1 is 1.26 bits per heavy atom. The van der Waals surface area contributed by atoms with Gasteiger partial charge in [0, 0.05) is 10.2 Å². The smallest absolute Gasteiger partial charge is 0.165 e. The minimum atomic E-state index is -0.859. The molecule has 0 aliphatic heterocycles. The first kappa shape index (κ1) is 13.8. The van der Waals surface area contributed by atoms with Crippen molar-refractivity contribution in [3.63, 3.8) is 0 Å². The molecule has 0 fully saturated rings. The Morgan fingerprint density at radius 3 is 2.79 bits per heavy atom. The lowest BCUT2D eigenvalue weighted by atomic mass is 10.1. The first-order valence-corrected chi connectivity index (χ1v) is 6.47. The summed E-state index contributed by atoms with van der Waals surface area (Å²) in [4.78, 5) is 0. The predicted octanol–water partition coefficient (Wildman–Crippen LogP) is 3.28. The van der Waals surface area contributed by atoms with Crippen LogP contribution in [0.3, 0.4) is 0 Å². The Morgan fingerprint density at radius 2 is 2.05 bits per heavy atom. The van der Waals surface area contributed by atoms with Gasteiger partial charge in [0.25, 0.3) is 0 Å². The first-order chi connectivity index (χ1) is 9.06. The third kappa shape index (κ3) is 3.68. The van der Waals surface area contributed by atoms with Crippen molar-refractivity contribution in [2.24, 2.45) is 0 Å². The van der Waals surface area contributed by atoms with E-state index in [-0.39, 0.29) is 12.4 Å². The summed E-state index contributed by atoms with van der Waals surface area (Å²) >= 11 is 3.23. The number of nitrogen functional groups attached to an aromatic ring is 1. The van der Waals surface area contributed by atoms with Gasteiger partial charge < -0.3 is 15.6 Å². The maximum atomic E-state index is 13.4. The fourth-order valence-corrected chi connectivity index (χ4v) is 1.96. The van der Waals surface area contributed by atoms with Crippen LogP contribution in [0.5, 0.6) is 5.75 Å². The lowest BCUT2D eigenvalue weighted by Gasteiger charge is -2.13. The summed E-state index contributed by atoms with van der Waals surface area (Å²) in [5.41, 5.74) is 6.82. The number of ether oxygens (including phenoxy) is 1. The van der Waals surface area contributed by atoms with Gasteiger partial charge in [-0.05, 0) is 35.9 Å². The summed E-state index contributed by atoms with van der Waals surface area (Å²) in [5, 5.41) is 9.95. The van der Waals surface area contributed by atoms with Crippen LogP contribution in [0.2, 0.25) is 0 Å². The molecule has 0 saturated carbocycles. The topological polar surface area (TPSA) is 55.5 Å². The minimum absolute atomic E-state index is 0.0448. The summed E-state index contributed by atoms with van der Waals surface area (Å²) < 4.78 is 19.4. The van der Waals surface area contributed by atoms with Crippen LogP contribution in [0.25, 0.3) is 0 Å². The average Bonchev–Trinajstić information content (AvgIpc) is 2.39. The van der Waals surface area contributed by atoms with Gasteiger partial charge in [0.1, 0.15) is 12.7 Å². The maximum absolute atomic E-state index is 13.4. The van der Waals surface area contributed by atoms with E-state index in [1.807, 2.05) is 0 Å². The highest BCUT2D eigenvalue weighted by Gasteiger charge is 2.11. The quantitative estimate of drug-likeness (QED) is 0.848. The number of aliphatic hydroxyl groups excluding tert-OH is 1. The average molecular weight is 326 g/mol. The number of nitrogens with two attached hydrogens (primary N) is 1. The van der Waals surface area contributed by atoms with E-state index in [4.69, 9.17) is 10.5 Å². The molecule has 2 rings (SSSR count). The molecule has 0 aliphatic rings. The van der Waals surface area contributed by atoms with E-state index in [0.717, 1.165) is 0 Å². The minimum Gasteiger partial charge on any atom is -0.487 e. The second-order valence-corrected chi connectivity index (χ2v) is 4.99. The van der Waals surface area contributed by atoms with Gasteiger partial charge in [-0.15, -0.1) is 0 Å². The molecular formula is C14H13BrFNO2. The second-order valence-electron chi connectivity index (χ2n) is 4.07. The molecule has 19 heavy (non-hydrogen) atoms. The largest absolute Gasteiger partial charge is 0.487 e. The van der Waals surface area contributed by atoms with E-state index in [0.29, 0.717) is 15.7 Å². The highest BCUT2D eigenvalue weighted by Crippen LogP contribution is 2.24. The van der Waals surface area contributed by atoms with Gasteiger partial charge in [0.05, 0.1) is 0 Å². The molecule has 1 unspecified atom stereocenters. The second kappa shape index (κ2) is 6.04. The van der Waals surface area contributed by atoms with E-state index < -0.39 is 11.9 Å². The summed E-state index contributed by atoms with van der Waals surface area (Å²) in [7, 11) is 0. The molecule has 5 heteroatoms. The molecule has 3 nitrogen and oxygen atoms in total. The summed E-state index contributed by atoms with van der Waals surface area (Å²) in [5.74, 6) is -0.375. The van der Waals surface area contributed by atoms with Crippen molar-refractivity contribution >= 4 is 21.6 Å². The van der Waals surface area contributed by atoms with Crippen LogP contribution in [0, 0.1) is 5.82 Å². The van der Waals surface area contributed by atoms with Crippen molar-refractivity contribution in [2.75, 3.05) is 12.3 Å². The maximum Gasteiger partial charge on any atom is 0.165 e. The summed E-state index contributed by atoms with van der Waals surface area (Å²) in [6.07, 6.45) is -0.859. The van der Waals surface area contributed by atoms with Crippen LogP contribution < -0.4 is 10.5 Å². The molecule has 0 saturated heterocycles. The van der Waals surface area contributed by atoms with Gasteiger partial charge in [-0.2, -0.15) is 0 Å². The normalized spacial score (nSPS) is 12.2. The monoisotopic (exact) mass is 325 g/mol. The molecule has 3 N–H and O–H groups in total. The van der Waals surface area contributed by atoms with E-state index >= 15 is 0 Å². The van der Waals surface area contributed by atoms with Crippen LogP contribution >= 0.6 is 15.9 Å². The van der Waals surface area contributed by atoms with Gasteiger partial charge in [-0.25, -0.2) is 4.39 Å². The first-order valence-electron chi connectivity index (χ1n) is 5.67. The Kier molecular flexibility index (Phi) is 4.39. The third-order valence-electron chi connectivity index (χ3n) is 2.59. The zero-order chi connectivity index (χ0) is 13.8. The molecule has 2 aromatic rings. The molecular weight excluding hydrogens is 313 g/mol. The number of aliphatic hydroxyl groups is 1. The number of halogens is 2. The van der Waals surface area contributed by atoms with Crippen molar-refractivity contribution in [1.82, 2.24) is 0 Å². The van der Waals surface area contributed by atoms with Crippen LogP contribution in [0.1, 0.15) is 11.7 Å². The van der Waals surface area contributed by atoms with E-state index in [9.17, 15) is 9.50 Å². The molecule has 100 valence electrons. The van der Waals surface area contributed by atoms with Crippen molar-refractivity contribution in [3.05, 3.63) is 58.3 Å². The van der Waals surface area contributed by atoms with Gasteiger partial charge in [-0.1, -0.05) is 28.1 Å². The highest BCUT2D eigenvalue weighted by molar-refractivity contribution is 9.10. The van der Waals surface area contributed by atoms with Crippen molar-refractivity contribution in [3.8, 4) is 5.75 Å². The zero-order valence-corrected chi connectivity index (χ0v) is 11.6. The number of benzene rings is 2. The fraction of sp³-hybridized carbons (Fsp3) is 0.143. The molecule has 0 amide bonds. The predicted molar refractivity (Wildman–Crippen MR) is 75.4 cm³/mol. The standard InChI is InChI=1S/C14H13BrFNO2/c15-10-4-5-12(16)14(7-10)19-8-13(18)9-2-1-3-11(17)6-9/h1-7,13,18H,8,17H2. The highest BCUT2D eigenvalue weighted by atomic mass is 79.9. The van der Waals surface area contributed by atoms with Gasteiger partial charge in [0.15, 0.2) is 11.6 Å². The lowest BCUT2D eigenvalue weighted by molar-refractivity contribution is 0.106. The van der Waals surface area contributed by atoms with Crippen LogP contribution in [-0.4, -0.2) is 11.7 Å². The number of hydrogen-bond acceptors (Lipinski definition) is 3. The Hall–Kier alpha value is -1.59. The van der Waals surface area contributed by atoms with Gasteiger partial charge in [0.2, 0.25) is 0 Å². The molecule has 0 aliphatic carbocycles. The van der Waals surface area contributed by atoms with Crippen molar-refractivity contribution < 1.29 is 14.2 Å². The fourth-order valence-electron chi connectivity index (χ4n) is 1.62. The van der Waals surface area contributed by atoms with E-state index in [1.54, 1.807) is 30.3 Å². The SMILES string of the molecule is Nc1cccc(C(O)COc2cc(Br)ccc2F)c1. The summed E-state index contributed by atoms with van der Waals surface area (Å²) in [6, 6.07) is 11.3. The molecule has 0 radical (unpaired) electrons.